The Hall–Kier alpha value is -2.39. The first kappa shape index (κ1) is 22.8. The molecule has 0 aliphatic carbocycles. The molecule has 170 valence electrons. The van der Waals surface area contributed by atoms with Crippen LogP contribution in [-0.4, -0.2) is 42.6 Å². The number of halogens is 1. The van der Waals surface area contributed by atoms with Gasteiger partial charge in [0.1, 0.15) is 4.90 Å². The molecule has 0 amide bonds. The van der Waals surface area contributed by atoms with Crippen LogP contribution in [0.25, 0.3) is 0 Å². The van der Waals surface area contributed by atoms with Gasteiger partial charge in [0.2, 0.25) is 0 Å². The van der Waals surface area contributed by atoms with E-state index in [1.165, 1.54) is 4.31 Å². The van der Waals surface area contributed by atoms with Crippen LogP contribution < -0.4 is 4.31 Å². The third-order valence-corrected chi connectivity index (χ3v) is 7.90. The number of benzene rings is 2. The zero-order chi connectivity index (χ0) is 22.9. The number of fused-ring (bicyclic) bond motifs is 1. The molecule has 1 unspecified atom stereocenters. The molecular weight excluding hydrogens is 450 g/mol. The average Bonchev–Trinajstić information content (AvgIpc) is 3.31. The number of aryl methyl sites for hydroxylation is 1. The van der Waals surface area contributed by atoms with Gasteiger partial charge in [-0.05, 0) is 49.6 Å². The summed E-state index contributed by atoms with van der Waals surface area (Å²) in [5, 5.41) is 15.5. The van der Waals surface area contributed by atoms with Gasteiger partial charge in [-0.15, -0.1) is 0 Å². The summed E-state index contributed by atoms with van der Waals surface area (Å²) in [5.74, 6) is 0. The highest BCUT2D eigenvalue weighted by molar-refractivity contribution is 7.93. The Labute approximate surface area is 193 Å². The van der Waals surface area contributed by atoms with E-state index in [1.54, 1.807) is 30.7 Å². The number of aliphatic hydroxyl groups is 1. The van der Waals surface area contributed by atoms with Gasteiger partial charge in [-0.3, -0.25) is 8.99 Å². The summed E-state index contributed by atoms with van der Waals surface area (Å²) >= 11 is 5.88. The highest BCUT2D eigenvalue weighted by Crippen LogP contribution is 2.34. The molecule has 0 saturated carbocycles. The van der Waals surface area contributed by atoms with Crippen LogP contribution in [0, 0.1) is 13.8 Å². The van der Waals surface area contributed by atoms with Crippen molar-refractivity contribution in [2.75, 3.05) is 17.5 Å². The molecule has 1 aromatic heterocycles. The third-order valence-electron chi connectivity index (χ3n) is 5.58. The average molecular weight is 476 g/mol. The molecular formula is C23H26ClN3O4S. The lowest BCUT2D eigenvalue weighted by atomic mass is 10.2. The number of para-hydroxylation sites is 1. The number of ether oxygens (including phenoxy) is 1. The van der Waals surface area contributed by atoms with E-state index >= 15 is 0 Å². The molecule has 0 fully saturated rings. The number of aliphatic hydroxyl groups excluding tert-OH is 1. The van der Waals surface area contributed by atoms with Crippen molar-refractivity contribution in [3.63, 3.8) is 0 Å². The molecule has 1 aliphatic rings. The van der Waals surface area contributed by atoms with Crippen molar-refractivity contribution in [1.29, 1.82) is 0 Å². The summed E-state index contributed by atoms with van der Waals surface area (Å²) in [6.45, 7) is 4.39. The van der Waals surface area contributed by atoms with Crippen molar-refractivity contribution < 1.29 is 18.3 Å². The second-order valence-electron chi connectivity index (χ2n) is 7.93. The van der Waals surface area contributed by atoms with Gasteiger partial charge in [-0.1, -0.05) is 41.9 Å². The molecule has 0 spiro atoms. The van der Waals surface area contributed by atoms with Gasteiger partial charge in [0, 0.05) is 11.6 Å². The van der Waals surface area contributed by atoms with E-state index in [0.717, 1.165) is 16.8 Å². The summed E-state index contributed by atoms with van der Waals surface area (Å²) in [6.07, 6.45) is -0.144. The maximum atomic E-state index is 13.5. The van der Waals surface area contributed by atoms with Crippen LogP contribution in [0.1, 0.15) is 22.5 Å². The predicted molar refractivity (Wildman–Crippen MR) is 123 cm³/mol. The van der Waals surface area contributed by atoms with Crippen LogP contribution in [0.2, 0.25) is 5.02 Å². The molecule has 32 heavy (non-hydrogen) atoms. The summed E-state index contributed by atoms with van der Waals surface area (Å²) < 4.78 is 35.5. The first-order valence-electron chi connectivity index (χ1n) is 10.4. The van der Waals surface area contributed by atoms with Crippen molar-refractivity contribution in [2.24, 2.45) is 0 Å². The van der Waals surface area contributed by atoms with Gasteiger partial charge in [0.25, 0.3) is 10.0 Å². The highest BCUT2D eigenvalue weighted by atomic mass is 35.5. The maximum Gasteiger partial charge on any atom is 0.268 e. The lowest BCUT2D eigenvalue weighted by Gasteiger charge is -2.20. The number of sulfonamides is 1. The molecule has 1 atom stereocenters. The normalized spacial score (nSPS) is 14.6. The summed E-state index contributed by atoms with van der Waals surface area (Å²) in [4.78, 5) is 0.198. The summed E-state index contributed by atoms with van der Waals surface area (Å²) in [7, 11) is -3.76. The number of nitrogens with zero attached hydrogens (tertiary/aromatic N) is 3. The number of aromatic nitrogens is 2. The molecule has 1 N–H and O–H groups in total. The topological polar surface area (TPSA) is 84.7 Å². The number of hydrogen-bond donors (Lipinski definition) is 1. The van der Waals surface area contributed by atoms with Gasteiger partial charge in [0.15, 0.2) is 0 Å². The first-order chi connectivity index (χ1) is 15.3. The second-order valence-corrected chi connectivity index (χ2v) is 10.2. The molecule has 9 heteroatoms. The minimum Gasteiger partial charge on any atom is -0.389 e. The van der Waals surface area contributed by atoms with E-state index in [-0.39, 0.29) is 18.0 Å². The van der Waals surface area contributed by atoms with Crippen molar-refractivity contribution in [1.82, 2.24) is 9.78 Å². The molecule has 3 aromatic rings. The fourth-order valence-electron chi connectivity index (χ4n) is 4.05. The summed E-state index contributed by atoms with van der Waals surface area (Å²) in [6, 6.07) is 14.8. The fraction of sp³-hybridized carbons (Fsp3) is 0.348. The molecule has 0 bridgehead atoms. The van der Waals surface area contributed by atoms with E-state index in [9.17, 15) is 13.5 Å². The Morgan fingerprint density at radius 3 is 2.62 bits per heavy atom. The van der Waals surface area contributed by atoms with Crippen LogP contribution in [0.5, 0.6) is 0 Å². The van der Waals surface area contributed by atoms with Gasteiger partial charge >= 0.3 is 0 Å². The number of hydrogen-bond acceptors (Lipinski definition) is 5. The Morgan fingerprint density at radius 2 is 1.88 bits per heavy atom. The van der Waals surface area contributed by atoms with Crippen LogP contribution in [-0.2, 0) is 34.3 Å². The maximum absolute atomic E-state index is 13.5. The minimum absolute atomic E-state index is 0.0998. The van der Waals surface area contributed by atoms with E-state index < -0.39 is 16.1 Å². The van der Waals surface area contributed by atoms with E-state index in [2.05, 4.69) is 5.10 Å². The Morgan fingerprint density at radius 1 is 1.16 bits per heavy atom. The van der Waals surface area contributed by atoms with Gasteiger partial charge in [-0.2, -0.15) is 5.10 Å². The van der Waals surface area contributed by atoms with Gasteiger partial charge < -0.3 is 9.84 Å². The van der Waals surface area contributed by atoms with Crippen molar-refractivity contribution in [3.8, 4) is 0 Å². The van der Waals surface area contributed by atoms with Gasteiger partial charge in [0.05, 0.1) is 42.9 Å². The molecule has 7 nitrogen and oxygen atoms in total. The predicted octanol–water partition coefficient (Wildman–Crippen LogP) is 3.48. The summed E-state index contributed by atoms with van der Waals surface area (Å²) in [5.41, 5.74) is 3.61. The molecule has 1 aliphatic heterocycles. The van der Waals surface area contributed by atoms with Crippen LogP contribution in [0.4, 0.5) is 5.69 Å². The zero-order valence-electron chi connectivity index (χ0n) is 18.0. The van der Waals surface area contributed by atoms with Crippen molar-refractivity contribution in [3.05, 3.63) is 76.1 Å². The van der Waals surface area contributed by atoms with Crippen molar-refractivity contribution in [2.45, 2.75) is 44.4 Å². The first-order valence-corrected chi connectivity index (χ1v) is 12.2. The molecule has 0 saturated heterocycles. The van der Waals surface area contributed by atoms with Crippen LogP contribution in [0.3, 0.4) is 0 Å². The Balaban J connectivity index is 1.45. The van der Waals surface area contributed by atoms with Crippen LogP contribution >= 0.6 is 11.6 Å². The second kappa shape index (κ2) is 9.23. The standard InChI is InChI=1S/C23H26ClN3O4S/c1-16-23(32(29,30)27-12-11-19-5-3-4-6-22(19)27)17(2)26(25-16)13-21(28)15-31-14-18-7-9-20(24)10-8-18/h3-10,21,28H,11-15H2,1-2H3. The lowest BCUT2D eigenvalue weighted by Crippen LogP contribution is -2.30. The molecule has 2 aromatic carbocycles. The molecule has 4 rings (SSSR count). The van der Waals surface area contributed by atoms with Crippen LogP contribution in [0.15, 0.2) is 53.4 Å². The number of rotatable bonds is 8. The largest absolute Gasteiger partial charge is 0.389 e. The van der Waals surface area contributed by atoms with E-state index in [4.69, 9.17) is 16.3 Å². The van der Waals surface area contributed by atoms with Gasteiger partial charge in [-0.25, -0.2) is 8.42 Å². The SMILES string of the molecule is Cc1nn(CC(O)COCc2ccc(Cl)cc2)c(C)c1S(=O)(=O)N1CCc2ccccc21. The molecule has 2 heterocycles. The quantitative estimate of drug-likeness (QED) is 0.539. The number of anilines is 1. The van der Waals surface area contributed by atoms with E-state index in [0.29, 0.717) is 36.0 Å². The Kier molecular flexibility index (Phi) is 6.57. The fourth-order valence-corrected chi connectivity index (χ4v) is 6.05. The zero-order valence-corrected chi connectivity index (χ0v) is 19.6. The molecule has 0 radical (unpaired) electrons. The monoisotopic (exact) mass is 475 g/mol. The highest BCUT2D eigenvalue weighted by Gasteiger charge is 2.35. The third kappa shape index (κ3) is 4.54. The Bertz CT molecular complexity index is 1210. The van der Waals surface area contributed by atoms with Crippen molar-refractivity contribution >= 4 is 27.3 Å². The minimum atomic E-state index is -3.76. The smallest absolute Gasteiger partial charge is 0.268 e. The lowest BCUT2D eigenvalue weighted by molar-refractivity contribution is 0.0183. The van der Waals surface area contributed by atoms with E-state index in [1.807, 2.05) is 36.4 Å².